The van der Waals surface area contributed by atoms with Crippen LogP contribution in [0.4, 0.5) is 8.78 Å². The second-order valence-electron chi connectivity index (χ2n) is 2.73. The first kappa shape index (κ1) is 13.6. The quantitative estimate of drug-likeness (QED) is 0.820. The fourth-order valence-corrected chi connectivity index (χ4v) is 1.07. The number of nitrogens with two attached hydrogens (primary N) is 1. The van der Waals surface area contributed by atoms with E-state index in [9.17, 15) is 13.9 Å². The first-order chi connectivity index (χ1) is 6.61. The zero-order valence-corrected chi connectivity index (χ0v) is 8.39. The van der Waals surface area contributed by atoms with E-state index in [0.29, 0.717) is 0 Å². The fourth-order valence-electron chi connectivity index (χ4n) is 1.07. The van der Waals surface area contributed by atoms with Crippen molar-refractivity contribution < 1.29 is 13.9 Å². The van der Waals surface area contributed by atoms with Gasteiger partial charge < -0.3 is 10.8 Å². The molecule has 0 bridgehead atoms. The molecule has 0 radical (unpaired) electrons. The van der Waals surface area contributed by atoms with Crippen LogP contribution in [0.25, 0.3) is 0 Å². The van der Waals surface area contributed by atoms with Gasteiger partial charge in [0.2, 0.25) is 0 Å². The molecule has 0 saturated heterocycles. The molecule has 0 aliphatic rings. The lowest BCUT2D eigenvalue weighted by Gasteiger charge is -2.10. The van der Waals surface area contributed by atoms with Crippen LogP contribution in [0.2, 0.25) is 0 Å². The molecule has 6 heteroatoms. The van der Waals surface area contributed by atoms with E-state index in [1.54, 1.807) is 0 Å². The summed E-state index contributed by atoms with van der Waals surface area (Å²) in [6.45, 7) is -0.885. The number of hydrogen-bond acceptors (Lipinski definition) is 3. The van der Waals surface area contributed by atoms with Gasteiger partial charge in [0, 0.05) is 5.56 Å². The molecule has 0 aliphatic heterocycles. The summed E-state index contributed by atoms with van der Waals surface area (Å²) in [5.41, 5.74) is 4.83. The number of rotatable bonds is 2. The average Bonchev–Trinajstić information content (AvgIpc) is 2.18. The smallest absolute Gasteiger partial charge is 0.144 e. The number of aromatic hydroxyl groups is 1. The molecule has 3 nitrogen and oxygen atoms in total. The molecule has 0 spiro atoms. The van der Waals surface area contributed by atoms with Gasteiger partial charge in [-0.1, -0.05) is 6.07 Å². The van der Waals surface area contributed by atoms with E-state index in [1.807, 2.05) is 0 Å². The van der Waals surface area contributed by atoms with Crippen LogP contribution >= 0.6 is 12.4 Å². The molecule has 0 heterocycles. The molecule has 1 atom stereocenters. The van der Waals surface area contributed by atoms with Crippen LogP contribution in [0.5, 0.6) is 5.75 Å². The van der Waals surface area contributed by atoms with Gasteiger partial charge in [-0.05, 0) is 6.07 Å². The summed E-state index contributed by atoms with van der Waals surface area (Å²) in [5, 5.41) is 17.9. The Morgan fingerprint density at radius 1 is 1.53 bits per heavy atom. The van der Waals surface area contributed by atoms with Crippen LogP contribution in [0.15, 0.2) is 12.1 Å². The van der Waals surface area contributed by atoms with Gasteiger partial charge in [-0.2, -0.15) is 5.26 Å². The zero-order chi connectivity index (χ0) is 10.7. The predicted octanol–water partition coefficient (Wildman–Crippen LogP) is 1.79. The largest absolute Gasteiger partial charge is 0.506 e. The highest BCUT2D eigenvalue weighted by molar-refractivity contribution is 5.85. The van der Waals surface area contributed by atoms with E-state index < -0.39 is 29.8 Å². The summed E-state index contributed by atoms with van der Waals surface area (Å²) in [7, 11) is 0. The molecule has 3 N–H and O–H groups in total. The van der Waals surface area contributed by atoms with Crippen molar-refractivity contribution in [1.82, 2.24) is 0 Å². The Hall–Kier alpha value is -1.38. The Labute approximate surface area is 91.5 Å². The highest BCUT2D eigenvalue weighted by Gasteiger charge is 2.16. The van der Waals surface area contributed by atoms with Gasteiger partial charge in [0.05, 0.1) is 6.04 Å². The molecule has 0 fully saturated rings. The van der Waals surface area contributed by atoms with Gasteiger partial charge in [-0.15, -0.1) is 12.4 Å². The van der Waals surface area contributed by atoms with Gasteiger partial charge >= 0.3 is 0 Å². The SMILES string of the molecule is Cl.N#Cc1c(F)ccc([C@H](N)CF)c1O. The fraction of sp³-hybridized carbons (Fsp3) is 0.222. The molecule has 0 aromatic heterocycles. The third-order valence-electron chi connectivity index (χ3n) is 1.84. The van der Waals surface area contributed by atoms with E-state index >= 15 is 0 Å². The van der Waals surface area contributed by atoms with E-state index in [-0.39, 0.29) is 18.0 Å². The molecule has 82 valence electrons. The molecule has 0 unspecified atom stereocenters. The minimum absolute atomic E-state index is 0. The predicted molar refractivity (Wildman–Crippen MR) is 52.9 cm³/mol. The van der Waals surface area contributed by atoms with Gasteiger partial charge in [0.25, 0.3) is 0 Å². The number of nitriles is 1. The molecule has 1 aromatic rings. The second-order valence-corrected chi connectivity index (χ2v) is 2.73. The number of nitrogens with zero attached hydrogens (tertiary/aromatic N) is 1. The number of phenolic OH excluding ortho intramolecular Hbond substituents is 1. The lowest BCUT2D eigenvalue weighted by Crippen LogP contribution is -2.13. The molecule has 0 saturated carbocycles. The maximum Gasteiger partial charge on any atom is 0.144 e. The Kier molecular flexibility index (Phi) is 4.98. The van der Waals surface area contributed by atoms with Crippen LogP contribution in [0.3, 0.4) is 0 Å². The van der Waals surface area contributed by atoms with Crippen molar-refractivity contribution in [2.24, 2.45) is 5.73 Å². The van der Waals surface area contributed by atoms with E-state index in [0.717, 1.165) is 12.1 Å². The van der Waals surface area contributed by atoms with Crippen LogP contribution < -0.4 is 5.73 Å². The first-order valence-corrected chi connectivity index (χ1v) is 3.84. The number of halogens is 3. The summed E-state index contributed by atoms with van der Waals surface area (Å²) in [6, 6.07) is 2.58. The molecule has 1 aromatic carbocycles. The maximum atomic E-state index is 12.9. The minimum atomic E-state index is -1.04. The van der Waals surface area contributed by atoms with Crippen molar-refractivity contribution in [3.05, 3.63) is 29.1 Å². The van der Waals surface area contributed by atoms with E-state index in [1.165, 1.54) is 6.07 Å². The van der Waals surface area contributed by atoms with Crippen LogP contribution in [-0.4, -0.2) is 11.8 Å². The highest BCUT2D eigenvalue weighted by atomic mass is 35.5. The van der Waals surface area contributed by atoms with E-state index in [2.05, 4.69) is 0 Å². The number of hydrogen-bond donors (Lipinski definition) is 2. The number of alkyl halides is 1. The third-order valence-corrected chi connectivity index (χ3v) is 1.84. The maximum absolute atomic E-state index is 12.9. The summed E-state index contributed by atoms with van der Waals surface area (Å²) < 4.78 is 25.1. The van der Waals surface area contributed by atoms with Crippen molar-refractivity contribution in [2.45, 2.75) is 6.04 Å². The first-order valence-electron chi connectivity index (χ1n) is 3.84. The molecular weight excluding hydrogens is 226 g/mol. The number of phenols is 1. The van der Waals surface area contributed by atoms with Crippen molar-refractivity contribution in [3.63, 3.8) is 0 Å². The second kappa shape index (κ2) is 5.49. The van der Waals surface area contributed by atoms with E-state index in [4.69, 9.17) is 11.0 Å². The van der Waals surface area contributed by atoms with Crippen LogP contribution in [0, 0.1) is 17.1 Å². The summed E-state index contributed by atoms with van der Waals surface area (Å²) in [5.74, 6) is -1.43. The third kappa shape index (κ3) is 2.55. The minimum Gasteiger partial charge on any atom is -0.506 e. The van der Waals surface area contributed by atoms with Crippen LogP contribution in [0.1, 0.15) is 17.2 Å². The summed E-state index contributed by atoms with van der Waals surface area (Å²) in [4.78, 5) is 0. The summed E-state index contributed by atoms with van der Waals surface area (Å²) >= 11 is 0. The van der Waals surface area contributed by atoms with Crippen LogP contribution in [-0.2, 0) is 0 Å². The van der Waals surface area contributed by atoms with Crippen molar-refractivity contribution >= 4 is 12.4 Å². The molecule has 1 rings (SSSR count). The average molecular weight is 235 g/mol. The van der Waals surface area contributed by atoms with Crippen molar-refractivity contribution in [3.8, 4) is 11.8 Å². The molecule has 15 heavy (non-hydrogen) atoms. The molecule has 0 amide bonds. The number of benzene rings is 1. The Bertz CT molecular complexity index is 392. The zero-order valence-electron chi connectivity index (χ0n) is 7.58. The Morgan fingerprint density at radius 2 is 2.13 bits per heavy atom. The van der Waals surface area contributed by atoms with Gasteiger partial charge in [0.15, 0.2) is 0 Å². The Balaban J connectivity index is 0.00000196. The molecule has 0 aliphatic carbocycles. The van der Waals surface area contributed by atoms with Crippen molar-refractivity contribution in [2.75, 3.05) is 6.67 Å². The van der Waals surface area contributed by atoms with Gasteiger partial charge in [0.1, 0.15) is 29.9 Å². The van der Waals surface area contributed by atoms with Gasteiger partial charge in [-0.3, -0.25) is 0 Å². The Morgan fingerprint density at radius 3 is 2.60 bits per heavy atom. The molecular formula is C9H9ClF2N2O. The van der Waals surface area contributed by atoms with Crippen molar-refractivity contribution in [1.29, 1.82) is 5.26 Å². The topological polar surface area (TPSA) is 70.0 Å². The normalized spacial score (nSPS) is 11.3. The lowest BCUT2D eigenvalue weighted by molar-refractivity contribution is 0.411. The lowest BCUT2D eigenvalue weighted by atomic mass is 10.0. The van der Waals surface area contributed by atoms with Gasteiger partial charge in [-0.25, -0.2) is 8.78 Å². The standard InChI is InChI=1S/C9H8F2N2O.ClH/c10-3-8(13)5-1-2-7(11)6(4-12)9(5)14;/h1-2,8,14H,3,13H2;1H/t8-;/m1./s1. The highest BCUT2D eigenvalue weighted by Crippen LogP contribution is 2.28. The summed E-state index contributed by atoms with van der Waals surface area (Å²) in [6.07, 6.45) is 0. The monoisotopic (exact) mass is 234 g/mol.